The average molecular weight is 263 g/mol. The molecule has 2 rings (SSSR count). The molecule has 2 unspecified atom stereocenters. The molecule has 5 heteroatoms. The lowest BCUT2D eigenvalue weighted by molar-refractivity contribution is 0.216. The molecule has 2 aliphatic rings. The van der Waals surface area contributed by atoms with Gasteiger partial charge in [0.1, 0.15) is 18.2 Å². The summed E-state index contributed by atoms with van der Waals surface area (Å²) >= 11 is 2.19. The first-order valence-corrected chi connectivity index (χ1v) is 4.23. The normalized spacial score (nSPS) is 33.9. The number of fused-ring (bicyclic) bond motifs is 1. The fourth-order valence-corrected chi connectivity index (χ4v) is 1.69. The van der Waals surface area contributed by atoms with E-state index in [-0.39, 0.29) is 12.1 Å². The van der Waals surface area contributed by atoms with Crippen LogP contribution >= 0.6 is 22.6 Å². The molecule has 0 bridgehead atoms. The van der Waals surface area contributed by atoms with Crippen LogP contribution in [0.4, 0.5) is 0 Å². The Morgan fingerprint density at radius 3 is 3.18 bits per heavy atom. The van der Waals surface area contributed by atoms with Gasteiger partial charge in [0, 0.05) is 0 Å². The first-order chi connectivity index (χ1) is 5.29. The van der Waals surface area contributed by atoms with Crippen LogP contribution in [0.3, 0.4) is 0 Å². The van der Waals surface area contributed by atoms with Crippen molar-refractivity contribution in [3.8, 4) is 0 Å². The molecule has 2 atom stereocenters. The topological polar surface area (TPSA) is 60.0 Å². The lowest BCUT2D eigenvalue weighted by atomic mass is 10.1. The minimum absolute atomic E-state index is 0.0492. The number of rotatable bonds is 0. The largest absolute Gasteiger partial charge is 0.487 e. The number of hydrogen-bond acceptors (Lipinski definition) is 4. The number of amidine groups is 1. The Balaban J connectivity index is 2.30. The van der Waals surface area contributed by atoms with Gasteiger partial charge in [-0.15, -0.1) is 0 Å². The maximum Gasteiger partial charge on any atom is 0.181 e. The SMILES string of the molecule is NC1=NC=NC2C(I)=COC12. The van der Waals surface area contributed by atoms with Crippen LogP contribution in [0.15, 0.2) is 19.8 Å². The molecule has 0 saturated heterocycles. The highest BCUT2D eigenvalue weighted by molar-refractivity contribution is 14.1. The van der Waals surface area contributed by atoms with Crippen LogP contribution in [-0.4, -0.2) is 24.3 Å². The van der Waals surface area contributed by atoms with Crippen LogP contribution in [0.1, 0.15) is 0 Å². The van der Waals surface area contributed by atoms with Gasteiger partial charge >= 0.3 is 0 Å². The number of nitrogens with two attached hydrogens (primary N) is 1. The highest BCUT2D eigenvalue weighted by atomic mass is 127. The Labute approximate surface area is 77.4 Å². The van der Waals surface area contributed by atoms with Gasteiger partial charge in [-0.1, -0.05) is 0 Å². The Hall–Kier alpha value is -0.590. The van der Waals surface area contributed by atoms with Crippen LogP contribution in [0.5, 0.6) is 0 Å². The molecule has 2 heterocycles. The smallest absolute Gasteiger partial charge is 0.181 e. The summed E-state index contributed by atoms with van der Waals surface area (Å²) in [5, 5.41) is 0. The van der Waals surface area contributed by atoms with Crippen LogP contribution in [0, 0.1) is 0 Å². The molecular formula is C6H6IN3O. The van der Waals surface area contributed by atoms with E-state index in [2.05, 4.69) is 32.6 Å². The fourth-order valence-electron chi connectivity index (χ4n) is 1.05. The zero-order chi connectivity index (χ0) is 7.84. The van der Waals surface area contributed by atoms with Crippen molar-refractivity contribution < 1.29 is 4.74 Å². The van der Waals surface area contributed by atoms with Crippen molar-refractivity contribution >= 4 is 34.8 Å². The molecule has 0 spiro atoms. The van der Waals surface area contributed by atoms with E-state index in [0.29, 0.717) is 5.84 Å². The quantitative estimate of drug-likeness (QED) is 0.644. The van der Waals surface area contributed by atoms with Gasteiger partial charge in [0.15, 0.2) is 6.10 Å². The van der Waals surface area contributed by atoms with Crippen LogP contribution in [-0.2, 0) is 4.74 Å². The minimum atomic E-state index is -0.160. The van der Waals surface area contributed by atoms with Gasteiger partial charge in [0.2, 0.25) is 0 Å². The third kappa shape index (κ3) is 1.03. The van der Waals surface area contributed by atoms with E-state index < -0.39 is 0 Å². The van der Waals surface area contributed by atoms with E-state index in [1.807, 2.05) is 0 Å². The summed E-state index contributed by atoms with van der Waals surface area (Å²) < 4.78 is 6.31. The molecule has 4 nitrogen and oxygen atoms in total. The summed E-state index contributed by atoms with van der Waals surface area (Å²) in [6.45, 7) is 0. The molecule has 2 N–H and O–H groups in total. The number of halogens is 1. The maximum atomic E-state index is 5.58. The monoisotopic (exact) mass is 263 g/mol. The lowest BCUT2D eigenvalue weighted by Gasteiger charge is -2.17. The molecule has 0 amide bonds. The summed E-state index contributed by atoms with van der Waals surface area (Å²) in [5.41, 5.74) is 5.58. The number of hydrogen-bond donors (Lipinski definition) is 1. The third-order valence-electron chi connectivity index (χ3n) is 1.62. The van der Waals surface area contributed by atoms with E-state index in [1.165, 1.54) is 6.34 Å². The van der Waals surface area contributed by atoms with Crippen molar-refractivity contribution in [1.29, 1.82) is 0 Å². The lowest BCUT2D eigenvalue weighted by Crippen LogP contribution is -2.38. The zero-order valence-electron chi connectivity index (χ0n) is 5.57. The second-order valence-electron chi connectivity index (χ2n) is 2.32. The van der Waals surface area contributed by atoms with Crippen molar-refractivity contribution in [2.45, 2.75) is 12.1 Å². The number of nitrogens with zero attached hydrogens (tertiary/aromatic N) is 2. The van der Waals surface area contributed by atoms with E-state index in [4.69, 9.17) is 10.5 Å². The second kappa shape index (κ2) is 2.47. The minimum Gasteiger partial charge on any atom is -0.487 e. The van der Waals surface area contributed by atoms with Crippen molar-refractivity contribution in [2.24, 2.45) is 15.7 Å². The Morgan fingerprint density at radius 2 is 2.45 bits per heavy atom. The van der Waals surface area contributed by atoms with E-state index >= 15 is 0 Å². The van der Waals surface area contributed by atoms with Crippen molar-refractivity contribution in [3.05, 3.63) is 9.84 Å². The molecule has 2 aliphatic heterocycles. The van der Waals surface area contributed by atoms with Gasteiger partial charge in [0.05, 0.1) is 9.84 Å². The second-order valence-corrected chi connectivity index (χ2v) is 3.57. The van der Waals surface area contributed by atoms with Gasteiger partial charge in [-0.25, -0.2) is 4.99 Å². The van der Waals surface area contributed by atoms with E-state index in [0.717, 1.165) is 3.58 Å². The first-order valence-electron chi connectivity index (χ1n) is 3.15. The van der Waals surface area contributed by atoms with Crippen molar-refractivity contribution in [1.82, 2.24) is 0 Å². The summed E-state index contributed by atoms with van der Waals surface area (Å²) in [4.78, 5) is 7.98. The summed E-state index contributed by atoms with van der Waals surface area (Å²) in [6, 6.07) is 0.0492. The molecule has 11 heavy (non-hydrogen) atoms. The Morgan fingerprint density at radius 1 is 1.64 bits per heavy atom. The van der Waals surface area contributed by atoms with Gasteiger partial charge in [-0.05, 0) is 22.6 Å². The van der Waals surface area contributed by atoms with Crippen LogP contribution in [0.25, 0.3) is 0 Å². The predicted molar refractivity (Wildman–Crippen MR) is 50.9 cm³/mol. The average Bonchev–Trinajstić information content (AvgIpc) is 2.35. The number of ether oxygens (including phenoxy) is 1. The summed E-state index contributed by atoms with van der Waals surface area (Å²) in [6.07, 6.45) is 3.01. The van der Waals surface area contributed by atoms with E-state index in [9.17, 15) is 0 Å². The molecular weight excluding hydrogens is 257 g/mol. The summed E-state index contributed by atoms with van der Waals surface area (Å²) in [7, 11) is 0. The molecule has 0 fully saturated rings. The van der Waals surface area contributed by atoms with E-state index in [1.54, 1.807) is 6.26 Å². The highest BCUT2D eigenvalue weighted by Crippen LogP contribution is 2.28. The molecule has 0 aromatic rings. The van der Waals surface area contributed by atoms with Gasteiger partial charge in [-0.3, -0.25) is 4.99 Å². The fraction of sp³-hybridized carbons (Fsp3) is 0.333. The third-order valence-corrected chi connectivity index (χ3v) is 2.51. The molecule has 0 aromatic heterocycles. The molecule has 0 radical (unpaired) electrons. The standard InChI is InChI=1S/C6H6IN3O/c7-3-1-11-5-4(3)9-2-10-6(5)8/h1-2,4-5H,(H2,8,9,10). The Kier molecular flexibility index (Phi) is 1.59. The first kappa shape index (κ1) is 7.08. The van der Waals surface area contributed by atoms with Gasteiger partial charge in [-0.2, -0.15) is 0 Å². The van der Waals surface area contributed by atoms with Crippen LogP contribution < -0.4 is 5.73 Å². The van der Waals surface area contributed by atoms with Crippen molar-refractivity contribution in [3.63, 3.8) is 0 Å². The zero-order valence-corrected chi connectivity index (χ0v) is 7.72. The van der Waals surface area contributed by atoms with Crippen LogP contribution in [0.2, 0.25) is 0 Å². The van der Waals surface area contributed by atoms with Gasteiger partial charge < -0.3 is 10.5 Å². The Bertz CT molecular complexity index is 271. The maximum absolute atomic E-state index is 5.58. The number of aliphatic imine (C=N–C) groups is 2. The molecule has 0 saturated carbocycles. The highest BCUT2D eigenvalue weighted by Gasteiger charge is 2.34. The molecule has 0 aromatic carbocycles. The predicted octanol–water partition coefficient (Wildman–Crippen LogP) is 0.429. The summed E-state index contributed by atoms with van der Waals surface area (Å²) in [5.74, 6) is 0.507. The molecule has 0 aliphatic carbocycles. The van der Waals surface area contributed by atoms with Gasteiger partial charge in [0.25, 0.3) is 0 Å². The molecule has 58 valence electrons. The van der Waals surface area contributed by atoms with Crippen molar-refractivity contribution in [2.75, 3.05) is 0 Å².